The molecular formula is C9H10N2O4S2. The molecule has 0 bridgehead atoms. The van der Waals surface area contributed by atoms with Gasteiger partial charge in [-0.05, 0) is 18.2 Å². The number of sulfonamides is 1. The van der Waals surface area contributed by atoms with Crippen LogP contribution in [0.5, 0.6) is 0 Å². The monoisotopic (exact) mass is 274 g/mol. The van der Waals surface area contributed by atoms with E-state index >= 15 is 0 Å². The first-order valence-corrected chi connectivity index (χ1v) is 7.85. The van der Waals surface area contributed by atoms with Crippen molar-refractivity contribution in [2.24, 2.45) is 5.14 Å². The number of benzene rings is 1. The van der Waals surface area contributed by atoms with Gasteiger partial charge in [-0.2, -0.15) is 5.26 Å². The Hall–Kier alpha value is -1.43. The lowest BCUT2D eigenvalue weighted by Gasteiger charge is -2.03. The van der Waals surface area contributed by atoms with Crippen LogP contribution in [0, 0.1) is 11.3 Å². The highest BCUT2D eigenvalue weighted by molar-refractivity contribution is 7.94. The zero-order chi connectivity index (χ0) is 13.1. The number of rotatable bonds is 4. The van der Waals surface area contributed by atoms with E-state index in [0.717, 1.165) is 0 Å². The number of nitriles is 1. The molecule has 1 rings (SSSR count). The number of sulfone groups is 1. The van der Waals surface area contributed by atoms with Crippen molar-refractivity contribution in [3.63, 3.8) is 0 Å². The summed E-state index contributed by atoms with van der Waals surface area (Å²) in [4.78, 5) is -0.0831. The van der Waals surface area contributed by atoms with Crippen molar-refractivity contribution in [1.29, 1.82) is 5.26 Å². The van der Waals surface area contributed by atoms with Crippen LogP contribution in [0.25, 0.3) is 0 Å². The number of hydrogen-bond donors (Lipinski definition) is 1. The van der Waals surface area contributed by atoms with Gasteiger partial charge in [0.25, 0.3) is 0 Å². The van der Waals surface area contributed by atoms with Crippen LogP contribution in [0.3, 0.4) is 0 Å². The first-order valence-electron chi connectivity index (χ1n) is 4.48. The smallest absolute Gasteiger partial charge is 0.210 e. The van der Waals surface area contributed by atoms with E-state index in [0.29, 0.717) is 0 Å². The van der Waals surface area contributed by atoms with Crippen molar-refractivity contribution in [3.05, 3.63) is 29.8 Å². The summed E-state index contributed by atoms with van der Waals surface area (Å²) in [5.74, 6) is -1.24. The summed E-state index contributed by atoms with van der Waals surface area (Å²) in [6, 6.07) is 7.18. The number of nitrogens with zero attached hydrogens (tertiary/aromatic N) is 1. The van der Waals surface area contributed by atoms with Gasteiger partial charge in [0.2, 0.25) is 10.0 Å². The van der Waals surface area contributed by atoms with E-state index in [1.807, 2.05) is 0 Å². The Morgan fingerprint density at radius 2 is 1.82 bits per heavy atom. The Morgan fingerprint density at radius 1 is 1.18 bits per heavy atom. The number of primary sulfonamides is 1. The molecule has 0 radical (unpaired) electrons. The van der Waals surface area contributed by atoms with Gasteiger partial charge in [-0.15, -0.1) is 0 Å². The SMILES string of the molecule is N#Cc1cccc(S(=O)(=O)CCS(N)(=O)=O)c1. The van der Waals surface area contributed by atoms with E-state index in [4.69, 9.17) is 10.4 Å². The van der Waals surface area contributed by atoms with Crippen LogP contribution in [0.2, 0.25) is 0 Å². The summed E-state index contributed by atoms with van der Waals surface area (Å²) in [5, 5.41) is 13.4. The van der Waals surface area contributed by atoms with E-state index in [1.54, 1.807) is 6.07 Å². The summed E-state index contributed by atoms with van der Waals surface area (Å²) in [6.45, 7) is 0. The van der Waals surface area contributed by atoms with Crippen LogP contribution >= 0.6 is 0 Å². The zero-order valence-electron chi connectivity index (χ0n) is 8.70. The Labute approximate surface area is 99.6 Å². The van der Waals surface area contributed by atoms with Gasteiger partial charge in [0.15, 0.2) is 9.84 Å². The van der Waals surface area contributed by atoms with Crippen molar-refractivity contribution < 1.29 is 16.8 Å². The molecule has 0 unspecified atom stereocenters. The van der Waals surface area contributed by atoms with Gasteiger partial charge >= 0.3 is 0 Å². The number of nitrogens with two attached hydrogens (primary N) is 1. The predicted molar refractivity (Wildman–Crippen MR) is 61.2 cm³/mol. The van der Waals surface area contributed by atoms with E-state index in [1.165, 1.54) is 24.3 Å². The van der Waals surface area contributed by atoms with E-state index < -0.39 is 31.4 Å². The second-order valence-electron chi connectivity index (χ2n) is 3.33. The summed E-state index contributed by atoms with van der Waals surface area (Å²) in [6.07, 6.45) is 0. The largest absolute Gasteiger partial charge is 0.229 e. The first-order chi connectivity index (χ1) is 7.74. The van der Waals surface area contributed by atoms with Crippen molar-refractivity contribution in [1.82, 2.24) is 0 Å². The topological polar surface area (TPSA) is 118 Å². The fourth-order valence-electron chi connectivity index (χ4n) is 1.10. The molecule has 8 heteroatoms. The summed E-state index contributed by atoms with van der Waals surface area (Å²) >= 11 is 0. The molecule has 0 amide bonds. The van der Waals surface area contributed by atoms with Crippen LogP contribution < -0.4 is 5.14 Å². The maximum absolute atomic E-state index is 11.7. The second-order valence-corrected chi connectivity index (χ2v) is 7.17. The van der Waals surface area contributed by atoms with Gasteiger partial charge in [-0.1, -0.05) is 6.07 Å². The predicted octanol–water partition coefficient (Wildman–Crippen LogP) is -0.380. The molecule has 0 saturated heterocycles. The second kappa shape index (κ2) is 4.83. The average molecular weight is 274 g/mol. The minimum absolute atomic E-state index is 0.0831. The van der Waals surface area contributed by atoms with Gasteiger partial charge in [-0.3, -0.25) is 0 Å². The van der Waals surface area contributed by atoms with Crippen LogP contribution in [0.4, 0.5) is 0 Å². The van der Waals surface area contributed by atoms with Crippen molar-refractivity contribution in [2.45, 2.75) is 4.90 Å². The van der Waals surface area contributed by atoms with Crippen molar-refractivity contribution in [2.75, 3.05) is 11.5 Å². The van der Waals surface area contributed by atoms with Crippen LogP contribution in [-0.2, 0) is 19.9 Å². The minimum Gasteiger partial charge on any atom is -0.229 e. The molecule has 2 N–H and O–H groups in total. The third-order valence-corrected chi connectivity index (χ3v) is 4.70. The Morgan fingerprint density at radius 3 is 2.35 bits per heavy atom. The lowest BCUT2D eigenvalue weighted by atomic mass is 10.2. The van der Waals surface area contributed by atoms with Gasteiger partial charge in [0.1, 0.15) is 0 Å². The van der Waals surface area contributed by atoms with E-state index in [-0.39, 0.29) is 10.5 Å². The fraction of sp³-hybridized carbons (Fsp3) is 0.222. The molecular weight excluding hydrogens is 264 g/mol. The van der Waals surface area contributed by atoms with Crippen LogP contribution in [0.1, 0.15) is 5.56 Å². The molecule has 1 aromatic rings. The molecule has 0 aliphatic heterocycles. The number of hydrogen-bond acceptors (Lipinski definition) is 5. The zero-order valence-corrected chi connectivity index (χ0v) is 10.3. The molecule has 0 fully saturated rings. The minimum atomic E-state index is -3.83. The van der Waals surface area contributed by atoms with Gasteiger partial charge in [0.05, 0.1) is 28.0 Å². The molecule has 0 saturated carbocycles. The molecule has 17 heavy (non-hydrogen) atoms. The third-order valence-electron chi connectivity index (χ3n) is 1.96. The molecule has 0 heterocycles. The van der Waals surface area contributed by atoms with Crippen molar-refractivity contribution >= 4 is 19.9 Å². The maximum atomic E-state index is 11.7. The van der Waals surface area contributed by atoms with E-state index in [2.05, 4.69) is 0 Å². The summed E-state index contributed by atoms with van der Waals surface area (Å²) in [5.41, 5.74) is 0.196. The Balaban J connectivity index is 3.02. The molecule has 0 aromatic heterocycles. The highest BCUT2D eigenvalue weighted by Crippen LogP contribution is 2.13. The lowest BCUT2D eigenvalue weighted by Crippen LogP contribution is -2.23. The van der Waals surface area contributed by atoms with Crippen molar-refractivity contribution in [3.8, 4) is 6.07 Å². The van der Waals surface area contributed by atoms with Crippen LogP contribution in [0.15, 0.2) is 29.2 Å². The molecule has 6 nitrogen and oxygen atoms in total. The highest BCUT2D eigenvalue weighted by Gasteiger charge is 2.17. The normalized spacial score (nSPS) is 12.0. The Kier molecular flexibility index (Phi) is 3.87. The summed E-state index contributed by atoms with van der Waals surface area (Å²) in [7, 11) is -7.56. The van der Waals surface area contributed by atoms with Gasteiger partial charge in [0, 0.05) is 0 Å². The third kappa shape index (κ3) is 4.14. The molecule has 0 aliphatic rings. The van der Waals surface area contributed by atoms with Gasteiger partial charge in [-0.25, -0.2) is 22.0 Å². The quantitative estimate of drug-likeness (QED) is 0.802. The molecule has 0 atom stereocenters. The fourth-order valence-corrected chi connectivity index (χ4v) is 3.74. The Bertz CT molecular complexity index is 656. The molecule has 0 spiro atoms. The maximum Gasteiger partial charge on any atom is 0.210 e. The average Bonchev–Trinajstić information content (AvgIpc) is 2.26. The summed E-state index contributed by atoms with van der Waals surface area (Å²) < 4.78 is 44.8. The first kappa shape index (κ1) is 13.6. The van der Waals surface area contributed by atoms with E-state index in [9.17, 15) is 16.8 Å². The van der Waals surface area contributed by atoms with Crippen LogP contribution in [-0.4, -0.2) is 28.3 Å². The molecule has 92 valence electrons. The highest BCUT2D eigenvalue weighted by atomic mass is 32.2. The standard InChI is InChI=1S/C9H10N2O4S2/c10-7-8-2-1-3-9(6-8)16(12,13)4-5-17(11,14)15/h1-3,6H,4-5H2,(H2,11,14,15). The molecule has 0 aliphatic carbocycles. The molecule has 1 aromatic carbocycles. The van der Waals surface area contributed by atoms with Gasteiger partial charge < -0.3 is 0 Å². The lowest BCUT2D eigenvalue weighted by molar-refractivity contribution is 0.588.